The first-order chi connectivity index (χ1) is 8.06. The maximum atomic E-state index is 11.4. The molecule has 0 amide bonds. The van der Waals surface area contributed by atoms with Gasteiger partial charge in [0.15, 0.2) is 5.69 Å². The molecule has 17 heavy (non-hydrogen) atoms. The number of nitrogens with one attached hydrogen (secondary N) is 1. The molecular formula is C10H13N5O2. The molecule has 0 unspecified atom stereocenters. The molecule has 0 aliphatic rings. The fourth-order valence-electron chi connectivity index (χ4n) is 1.69. The quantitative estimate of drug-likeness (QED) is 0.742. The minimum absolute atomic E-state index is 0.104. The van der Waals surface area contributed by atoms with Crippen LogP contribution in [-0.2, 0) is 4.74 Å². The van der Waals surface area contributed by atoms with E-state index in [0.29, 0.717) is 0 Å². The van der Waals surface area contributed by atoms with Crippen molar-refractivity contribution >= 4 is 11.8 Å². The fraction of sp³-hybridized carbons (Fsp3) is 0.300. The number of carbonyl (C=O) groups excluding carboxylic acids is 1. The van der Waals surface area contributed by atoms with Crippen molar-refractivity contribution in [2.75, 3.05) is 12.8 Å². The molecule has 7 nitrogen and oxygen atoms in total. The maximum Gasteiger partial charge on any atom is 0.360 e. The van der Waals surface area contributed by atoms with E-state index >= 15 is 0 Å². The number of carbonyl (C=O) groups is 1. The molecule has 0 aliphatic heterocycles. The molecule has 2 aromatic heterocycles. The number of methoxy groups -OCH3 is 1. The number of imidazole rings is 1. The van der Waals surface area contributed by atoms with E-state index in [1.807, 2.05) is 13.8 Å². The van der Waals surface area contributed by atoms with Gasteiger partial charge in [-0.3, -0.25) is 9.67 Å². The van der Waals surface area contributed by atoms with Gasteiger partial charge in [0.2, 0.25) is 0 Å². The molecule has 0 saturated heterocycles. The van der Waals surface area contributed by atoms with Gasteiger partial charge in [-0.15, -0.1) is 0 Å². The van der Waals surface area contributed by atoms with Crippen LogP contribution >= 0.6 is 0 Å². The zero-order valence-corrected chi connectivity index (χ0v) is 9.81. The molecular weight excluding hydrogens is 222 g/mol. The summed E-state index contributed by atoms with van der Waals surface area (Å²) in [6.07, 6.45) is 1.48. The molecule has 0 atom stereocenters. The fourth-order valence-corrected chi connectivity index (χ4v) is 1.69. The van der Waals surface area contributed by atoms with Gasteiger partial charge in [-0.1, -0.05) is 0 Å². The van der Waals surface area contributed by atoms with Crippen molar-refractivity contribution < 1.29 is 9.53 Å². The highest BCUT2D eigenvalue weighted by molar-refractivity contribution is 5.92. The number of hydrogen-bond acceptors (Lipinski definition) is 5. The summed E-state index contributed by atoms with van der Waals surface area (Å²) in [4.78, 5) is 15.3. The lowest BCUT2D eigenvalue weighted by Crippen LogP contribution is -2.08. The summed E-state index contributed by atoms with van der Waals surface area (Å²) in [5.41, 5.74) is 8.40. The molecule has 0 aromatic carbocycles. The highest BCUT2D eigenvalue weighted by Crippen LogP contribution is 2.21. The number of nitrogen functional groups attached to an aromatic ring is 1. The minimum Gasteiger partial charge on any atom is -0.464 e. The lowest BCUT2D eigenvalue weighted by molar-refractivity contribution is 0.0596. The molecule has 0 fully saturated rings. The average molecular weight is 235 g/mol. The van der Waals surface area contributed by atoms with Crippen molar-refractivity contribution in [3.8, 4) is 5.69 Å². The Kier molecular flexibility index (Phi) is 2.58. The first-order valence-corrected chi connectivity index (χ1v) is 4.99. The lowest BCUT2D eigenvalue weighted by Gasteiger charge is -2.05. The van der Waals surface area contributed by atoms with Crippen molar-refractivity contribution in [1.29, 1.82) is 0 Å². The third-order valence-electron chi connectivity index (χ3n) is 2.51. The molecule has 0 spiro atoms. The van der Waals surface area contributed by atoms with Crippen LogP contribution in [0.25, 0.3) is 5.69 Å². The number of rotatable bonds is 2. The number of aryl methyl sites for hydroxylation is 2. The van der Waals surface area contributed by atoms with Gasteiger partial charge in [-0.05, 0) is 13.8 Å². The van der Waals surface area contributed by atoms with Crippen LogP contribution in [0.4, 0.5) is 5.82 Å². The second-order valence-corrected chi connectivity index (χ2v) is 3.62. The Hall–Kier alpha value is -2.31. The van der Waals surface area contributed by atoms with Crippen molar-refractivity contribution in [1.82, 2.24) is 19.7 Å². The number of nitrogens with two attached hydrogens (primary N) is 1. The first kappa shape index (κ1) is 11.2. The van der Waals surface area contributed by atoms with E-state index in [1.165, 1.54) is 13.4 Å². The molecule has 0 saturated carbocycles. The summed E-state index contributed by atoms with van der Waals surface area (Å²) in [7, 11) is 1.29. The van der Waals surface area contributed by atoms with Crippen LogP contribution in [0.15, 0.2) is 6.33 Å². The molecule has 90 valence electrons. The highest BCUT2D eigenvalue weighted by Gasteiger charge is 2.19. The smallest absolute Gasteiger partial charge is 0.360 e. The Bertz CT molecular complexity index is 550. The summed E-state index contributed by atoms with van der Waals surface area (Å²) in [6, 6.07) is 0. The van der Waals surface area contributed by atoms with Gasteiger partial charge < -0.3 is 10.5 Å². The van der Waals surface area contributed by atoms with Gasteiger partial charge in [-0.25, -0.2) is 9.78 Å². The summed E-state index contributed by atoms with van der Waals surface area (Å²) in [6.45, 7) is 3.71. The van der Waals surface area contributed by atoms with Crippen molar-refractivity contribution in [2.45, 2.75) is 13.8 Å². The van der Waals surface area contributed by atoms with Gasteiger partial charge in [-0.2, -0.15) is 5.10 Å². The van der Waals surface area contributed by atoms with Crippen molar-refractivity contribution in [3.63, 3.8) is 0 Å². The standard InChI is InChI=1S/C10H13N5O2/c1-5-8(6(2)14-13-5)15-4-12-7(9(15)11)10(16)17-3/h4H,11H2,1-3H3,(H,13,14). The number of H-pyrrole nitrogens is 1. The van der Waals surface area contributed by atoms with Crippen LogP contribution in [0.2, 0.25) is 0 Å². The summed E-state index contributed by atoms with van der Waals surface area (Å²) in [5, 5.41) is 6.91. The SMILES string of the molecule is COC(=O)c1ncn(-c2c(C)n[nH]c2C)c1N. The first-order valence-electron chi connectivity index (χ1n) is 4.99. The Labute approximate surface area is 97.6 Å². The van der Waals surface area contributed by atoms with Crippen LogP contribution in [0.5, 0.6) is 0 Å². The van der Waals surface area contributed by atoms with Crippen LogP contribution in [0.1, 0.15) is 21.9 Å². The van der Waals surface area contributed by atoms with E-state index in [9.17, 15) is 4.79 Å². The maximum absolute atomic E-state index is 11.4. The number of aromatic nitrogens is 4. The average Bonchev–Trinajstić information content (AvgIpc) is 2.82. The second-order valence-electron chi connectivity index (χ2n) is 3.62. The van der Waals surface area contributed by atoms with Gasteiger partial charge in [0.25, 0.3) is 0 Å². The number of hydrogen-bond donors (Lipinski definition) is 2. The van der Waals surface area contributed by atoms with E-state index in [-0.39, 0.29) is 11.5 Å². The van der Waals surface area contributed by atoms with Gasteiger partial charge >= 0.3 is 5.97 Å². The van der Waals surface area contributed by atoms with Gasteiger partial charge in [0.1, 0.15) is 12.1 Å². The zero-order chi connectivity index (χ0) is 12.6. The molecule has 0 bridgehead atoms. The lowest BCUT2D eigenvalue weighted by atomic mass is 10.3. The van der Waals surface area contributed by atoms with E-state index in [4.69, 9.17) is 5.73 Å². The summed E-state index contributed by atoms with van der Waals surface area (Å²) >= 11 is 0. The van der Waals surface area contributed by atoms with Crippen LogP contribution in [-0.4, -0.2) is 32.8 Å². The van der Waals surface area contributed by atoms with Gasteiger partial charge in [0, 0.05) is 0 Å². The Morgan fingerprint density at radius 2 is 2.24 bits per heavy atom. The predicted octanol–water partition coefficient (Wildman–Crippen LogP) is 0.581. The Balaban J connectivity index is 2.55. The van der Waals surface area contributed by atoms with E-state index in [2.05, 4.69) is 19.9 Å². The summed E-state index contributed by atoms with van der Waals surface area (Å²) in [5.74, 6) is -0.315. The van der Waals surface area contributed by atoms with Crippen molar-refractivity contribution in [3.05, 3.63) is 23.4 Å². The molecule has 2 rings (SSSR count). The molecule has 2 heterocycles. The molecule has 3 N–H and O–H groups in total. The normalized spacial score (nSPS) is 10.5. The van der Waals surface area contributed by atoms with E-state index < -0.39 is 5.97 Å². The molecule has 7 heteroatoms. The third-order valence-corrected chi connectivity index (χ3v) is 2.51. The van der Waals surface area contributed by atoms with Crippen LogP contribution < -0.4 is 5.73 Å². The Morgan fingerprint density at radius 3 is 2.76 bits per heavy atom. The van der Waals surface area contributed by atoms with Crippen molar-refractivity contribution in [2.24, 2.45) is 0 Å². The Morgan fingerprint density at radius 1 is 1.53 bits per heavy atom. The predicted molar refractivity (Wildman–Crippen MR) is 60.9 cm³/mol. The number of aromatic amines is 1. The van der Waals surface area contributed by atoms with Gasteiger partial charge in [0.05, 0.1) is 24.2 Å². The number of anilines is 1. The monoisotopic (exact) mass is 235 g/mol. The van der Waals surface area contributed by atoms with Crippen LogP contribution in [0, 0.1) is 13.8 Å². The van der Waals surface area contributed by atoms with E-state index in [0.717, 1.165) is 17.1 Å². The topological polar surface area (TPSA) is 98.8 Å². The summed E-state index contributed by atoms with van der Waals surface area (Å²) < 4.78 is 6.20. The molecule has 0 radical (unpaired) electrons. The zero-order valence-electron chi connectivity index (χ0n) is 9.81. The molecule has 2 aromatic rings. The largest absolute Gasteiger partial charge is 0.464 e. The minimum atomic E-state index is -0.556. The van der Waals surface area contributed by atoms with Crippen LogP contribution in [0.3, 0.4) is 0 Å². The molecule has 0 aliphatic carbocycles. The number of esters is 1. The highest BCUT2D eigenvalue weighted by atomic mass is 16.5. The number of ether oxygens (including phenoxy) is 1. The number of nitrogens with zero attached hydrogens (tertiary/aromatic N) is 3. The van der Waals surface area contributed by atoms with E-state index in [1.54, 1.807) is 4.57 Å². The second kappa shape index (κ2) is 3.93. The third kappa shape index (κ3) is 1.65.